The van der Waals surface area contributed by atoms with Crippen molar-refractivity contribution in [2.75, 3.05) is 11.1 Å². The summed E-state index contributed by atoms with van der Waals surface area (Å²) in [5, 5.41) is 10.4. The van der Waals surface area contributed by atoms with Gasteiger partial charge in [0.1, 0.15) is 0 Å². The van der Waals surface area contributed by atoms with E-state index in [1.54, 1.807) is 0 Å². The maximum absolute atomic E-state index is 12.2. The molecule has 0 aliphatic heterocycles. The Morgan fingerprint density at radius 1 is 1.04 bits per heavy atom. The fraction of sp³-hybridized carbons (Fsp3) is 0.0556. The Bertz CT molecular complexity index is 1060. The first-order valence-corrected chi connectivity index (χ1v) is 10.5. The first-order valence-electron chi connectivity index (χ1n) is 7.57. The number of hydrogen-bond donors (Lipinski definition) is 2. The van der Waals surface area contributed by atoms with E-state index in [9.17, 15) is 13.2 Å². The first-order chi connectivity index (χ1) is 12.3. The lowest BCUT2D eigenvalue weighted by Crippen LogP contribution is -2.15. The molecule has 0 saturated heterocycles. The number of sulfonamides is 1. The number of amides is 1. The molecule has 0 unspecified atom stereocenters. The maximum Gasteiger partial charge on any atom is 0.238 e. The number of hydrogen-bond acceptors (Lipinski definition) is 4. The van der Waals surface area contributed by atoms with Crippen LogP contribution < -0.4 is 10.5 Å². The molecular formula is C18H15ClN2O3S2. The third-order valence-corrected chi connectivity index (χ3v) is 5.94. The van der Waals surface area contributed by atoms with Gasteiger partial charge in [-0.25, -0.2) is 13.6 Å². The van der Waals surface area contributed by atoms with Gasteiger partial charge < -0.3 is 5.32 Å². The Kier molecular flexibility index (Phi) is 5.52. The summed E-state index contributed by atoms with van der Waals surface area (Å²) in [6.45, 7) is 0. The molecule has 3 N–H and O–H groups in total. The highest BCUT2D eigenvalue weighted by molar-refractivity contribution is 8.00. The average molecular weight is 407 g/mol. The molecule has 0 bridgehead atoms. The molecule has 3 rings (SSSR count). The van der Waals surface area contributed by atoms with E-state index < -0.39 is 10.0 Å². The lowest BCUT2D eigenvalue weighted by molar-refractivity contribution is -0.113. The summed E-state index contributed by atoms with van der Waals surface area (Å²) in [7, 11) is -3.75. The second-order valence-corrected chi connectivity index (χ2v) is 8.49. The predicted octanol–water partition coefficient (Wildman–Crippen LogP) is 3.87. The molecule has 0 saturated carbocycles. The molecule has 8 heteroatoms. The quantitative estimate of drug-likeness (QED) is 0.629. The smallest absolute Gasteiger partial charge is 0.238 e. The van der Waals surface area contributed by atoms with E-state index in [0.717, 1.165) is 15.7 Å². The summed E-state index contributed by atoms with van der Waals surface area (Å²) in [6, 6.07) is 17.2. The van der Waals surface area contributed by atoms with Crippen molar-refractivity contribution < 1.29 is 13.2 Å². The van der Waals surface area contributed by atoms with Gasteiger partial charge in [-0.1, -0.05) is 35.9 Å². The number of primary sulfonamides is 1. The Hall–Kier alpha value is -2.06. The fourth-order valence-electron chi connectivity index (χ4n) is 2.45. The van der Waals surface area contributed by atoms with E-state index in [1.165, 1.54) is 36.0 Å². The standard InChI is InChI=1S/C18H15ClN2O3S2/c19-15-5-1-3-12-4-2-6-16(18(12)15)25-11-17(22)21-13-7-9-14(10-8-13)26(20,23)24/h1-10H,11H2,(H,21,22)(H2,20,23,24). The molecule has 3 aromatic rings. The lowest BCUT2D eigenvalue weighted by atomic mass is 10.1. The summed E-state index contributed by atoms with van der Waals surface area (Å²) in [5.74, 6) is -0.0104. The SMILES string of the molecule is NS(=O)(=O)c1ccc(NC(=O)CSc2cccc3cccc(Cl)c23)cc1. The fourth-order valence-corrected chi connectivity index (χ4v) is 4.21. The third kappa shape index (κ3) is 4.37. The highest BCUT2D eigenvalue weighted by atomic mass is 35.5. The Labute approximate surface area is 160 Å². The van der Waals surface area contributed by atoms with E-state index in [1.807, 2.05) is 36.4 Å². The van der Waals surface area contributed by atoms with Crippen LogP contribution in [0.5, 0.6) is 0 Å². The van der Waals surface area contributed by atoms with Gasteiger partial charge in [0.2, 0.25) is 15.9 Å². The van der Waals surface area contributed by atoms with Crippen LogP contribution in [-0.4, -0.2) is 20.1 Å². The number of nitrogens with one attached hydrogen (secondary N) is 1. The molecule has 0 atom stereocenters. The molecule has 26 heavy (non-hydrogen) atoms. The highest BCUT2D eigenvalue weighted by Crippen LogP contribution is 2.33. The van der Waals surface area contributed by atoms with Gasteiger partial charge in [-0.3, -0.25) is 4.79 Å². The van der Waals surface area contributed by atoms with Gasteiger partial charge in [-0.2, -0.15) is 0 Å². The molecule has 5 nitrogen and oxygen atoms in total. The summed E-state index contributed by atoms with van der Waals surface area (Å²) in [4.78, 5) is 13.1. The molecule has 0 spiro atoms. The zero-order valence-corrected chi connectivity index (χ0v) is 15.9. The Balaban J connectivity index is 1.68. The van der Waals surface area contributed by atoms with Crippen molar-refractivity contribution in [1.82, 2.24) is 0 Å². The summed E-state index contributed by atoms with van der Waals surface area (Å²) < 4.78 is 22.5. The number of anilines is 1. The molecule has 0 radical (unpaired) electrons. The Morgan fingerprint density at radius 3 is 2.35 bits per heavy atom. The molecule has 0 fully saturated rings. The van der Waals surface area contributed by atoms with Crippen molar-refractivity contribution in [1.29, 1.82) is 0 Å². The minimum atomic E-state index is -3.75. The number of carbonyl (C=O) groups excluding carboxylic acids is 1. The molecule has 0 aliphatic rings. The van der Waals surface area contributed by atoms with E-state index in [-0.39, 0.29) is 16.6 Å². The largest absolute Gasteiger partial charge is 0.325 e. The van der Waals surface area contributed by atoms with E-state index in [4.69, 9.17) is 16.7 Å². The minimum Gasteiger partial charge on any atom is -0.325 e. The van der Waals surface area contributed by atoms with Crippen LogP contribution in [0.1, 0.15) is 0 Å². The van der Waals surface area contributed by atoms with Crippen LogP contribution >= 0.6 is 23.4 Å². The van der Waals surface area contributed by atoms with E-state index >= 15 is 0 Å². The molecule has 0 aliphatic carbocycles. The van der Waals surface area contributed by atoms with Crippen molar-refractivity contribution in [3.8, 4) is 0 Å². The second kappa shape index (κ2) is 7.67. The summed E-state index contributed by atoms with van der Waals surface area (Å²) >= 11 is 7.67. The van der Waals surface area contributed by atoms with Crippen molar-refractivity contribution in [3.63, 3.8) is 0 Å². The van der Waals surface area contributed by atoms with Gasteiger partial charge in [0, 0.05) is 21.0 Å². The minimum absolute atomic E-state index is 0.00438. The number of carbonyl (C=O) groups is 1. The second-order valence-electron chi connectivity index (χ2n) is 5.50. The van der Waals surface area contributed by atoms with E-state index in [2.05, 4.69) is 5.32 Å². The topological polar surface area (TPSA) is 89.3 Å². The summed E-state index contributed by atoms with van der Waals surface area (Å²) in [5.41, 5.74) is 0.499. The molecule has 1 amide bonds. The van der Waals surface area contributed by atoms with Crippen LogP contribution in [-0.2, 0) is 14.8 Å². The van der Waals surface area contributed by atoms with Crippen LogP contribution in [0.15, 0.2) is 70.5 Å². The van der Waals surface area contributed by atoms with Crippen molar-refractivity contribution >= 4 is 55.8 Å². The molecule has 3 aromatic carbocycles. The van der Waals surface area contributed by atoms with Crippen molar-refractivity contribution in [3.05, 3.63) is 65.7 Å². The van der Waals surface area contributed by atoms with Crippen LogP contribution in [0.25, 0.3) is 10.8 Å². The zero-order valence-electron chi connectivity index (χ0n) is 13.5. The van der Waals surface area contributed by atoms with Gasteiger partial charge in [0.25, 0.3) is 0 Å². The van der Waals surface area contributed by atoms with Crippen molar-refractivity contribution in [2.24, 2.45) is 5.14 Å². The Morgan fingerprint density at radius 2 is 1.69 bits per heavy atom. The predicted molar refractivity (Wildman–Crippen MR) is 106 cm³/mol. The molecule has 0 heterocycles. The number of nitrogens with two attached hydrogens (primary N) is 1. The maximum atomic E-state index is 12.2. The number of fused-ring (bicyclic) bond motifs is 1. The van der Waals surface area contributed by atoms with E-state index in [0.29, 0.717) is 10.7 Å². The first kappa shape index (κ1) is 18.7. The molecular weight excluding hydrogens is 392 g/mol. The van der Waals surface area contributed by atoms with Crippen LogP contribution in [0.2, 0.25) is 5.02 Å². The summed E-state index contributed by atoms with van der Waals surface area (Å²) in [6.07, 6.45) is 0. The number of halogens is 1. The highest BCUT2D eigenvalue weighted by Gasteiger charge is 2.10. The third-order valence-electron chi connectivity index (χ3n) is 3.64. The normalized spacial score (nSPS) is 11.5. The number of rotatable bonds is 5. The van der Waals surface area contributed by atoms with Gasteiger partial charge in [0.15, 0.2) is 0 Å². The number of thioether (sulfide) groups is 1. The molecule has 134 valence electrons. The average Bonchev–Trinajstić information content (AvgIpc) is 2.60. The zero-order chi connectivity index (χ0) is 18.7. The monoisotopic (exact) mass is 406 g/mol. The van der Waals surface area contributed by atoms with Crippen molar-refractivity contribution in [2.45, 2.75) is 9.79 Å². The lowest BCUT2D eigenvalue weighted by Gasteiger charge is -2.09. The van der Waals surface area contributed by atoms with Gasteiger partial charge >= 0.3 is 0 Å². The molecule has 0 aromatic heterocycles. The van der Waals surface area contributed by atoms with Gasteiger partial charge in [-0.05, 0) is 41.8 Å². The van der Waals surface area contributed by atoms with Gasteiger partial charge in [0.05, 0.1) is 10.6 Å². The van der Waals surface area contributed by atoms with Crippen LogP contribution in [0.3, 0.4) is 0 Å². The number of benzene rings is 3. The van der Waals surface area contributed by atoms with Gasteiger partial charge in [-0.15, -0.1) is 11.8 Å². The van der Waals surface area contributed by atoms with Crippen LogP contribution in [0.4, 0.5) is 5.69 Å². The van der Waals surface area contributed by atoms with Crippen LogP contribution in [0, 0.1) is 0 Å².